The maximum Gasteiger partial charge on any atom is 0.508 e. The summed E-state index contributed by atoms with van der Waals surface area (Å²) in [7, 11) is -3.89. The number of H-pyrrole nitrogens is 1. The fraction of sp³-hybridized carbons (Fsp3) is 0.581. The second-order valence-electron chi connectivity index (χ2n) is 10.9. The Morgan fingerprint density at radius 1 is 1.02 bits per heavy atom. The monoisotopic (exact) mass is 649 g/mol. The molecule has 45 heavy (non-hydrogen) atoms. The van der Waals surface area contributed by atoms with Gasteiger partial charge in [-0.2, -0.15) is 4.31 Å². The Morgan fingerprint density at radius 2 is 1.78 bits per heavy atom. The van der Waals surface area contributed by atoms with Gasteiger partial charge in [-0.3, -0.25) is 14.1 Å². The van der Waals surface area contributed by atoms with Crippen LogP contribution < -0.4 is 10.3 Å². The number of halogens is 1. The zero-order chi connectivity index (χ0) is 32.4. The number of ether oxygens (including phenoxy) is 3. The number of aryl methyl sites for hydroxylation is 2. The fourth-order valence-electron chi connectivity index (χ4n) is 5.22. The van der Waals surface area contributed by atoms with Crippen molar-refractivity contribution in [3.63, 3.8) is 0 Å². The van der Waals surface area contributed by atoms with E-state index in [1.807, 2.05) is 31.9 Å². The number of piperazine rings is 1. The molecule has 3 heterocycles. The van der Waals surface area contributed by atoms with Crippen LogP contribution in [-0.4, -0.2) is 97.5 Å². The maximum atomic E-state index is 13.8. The number of aromatic nitrogens is 3. The highest BCUT2D eigenvalue weighted by molar-refractivity contribution is 7.89. The molecule has 0 atom stereocenters. The number of carbonyl (C=O) groups excluding carboxylic acids is 1. The van der Waals surface area contributed by atoms with Crippen molar-refractivity contribution in [3.05, 3.63) is 40.3 Å². The molecule has 2 aromatic heterocycles. The number of sulfonamides is 1. The summed E-state index contributed by atoms with van der Waals surface area (Å²) >= 11 is 0. The molecule has 0 radical (unpaired) electrons. The molecule has 0 aliphatic carbocycles. The Kier molecular flexibility index (Phi) is 12.4. The number of alkyl halides is 1. The smallest absolute Gasteiger partial charge is 0.493 e. The zero-order valence-electron chi connectivity index (χ0n) is 26.3. The van der Waals surface area contributed by atoms with Crippen molar-refractivity contribution in [2.24, 2.45) is 0 Å². The Balaban J connectivity index is 1.55. The molecule has 1 aromatic carbocycles. The topological polar surface area (TPSA) is 136 Å². The van der Waals surface area contributed by atoms with Gasteiger partial charge in [0.1, 0.15) is 23.7 Å². The van der Waals surface area contributed by atoms with Crippen LogP contribution in [0.3, 0.4) is 0 Å². The summed E-state index contributed by atoms with van der Waals surface area (Å²) in [5.41, 5.74) is 1.60. The molecule has 0 unspecified atom stereocenters. The van der Waals surface area contributed by atoms with Gasteiger partial charge >= 0.3 is 6.16 Å². The van der Waals surface area contributed by atoms with E-state index in [-0.39, 0.29) is 36.0 Å². The van der Waals surface area contributed by atoms with Crippen LogP contribution in [-0.2, 0) is 32.5 Å². The van der Waals surface area contributed by atoms with E-state index < -0.39 is 22.9 Å². The second-order valence-corrected chi connectivity index (χ2v) is 12.8. The lowest BCUT2D eigenvalue weighted by Crippen LogP contribution is -2.49. The van der Waals surface area contributed by atoms with E-state index in [4.69, 9.17) is 19.2 Å². The summed E-state index contributed by atoms with van der Waals surface area (Å²) in [5.74, 6) is 0.584. The summed E-state index contributed by atoms with van der Waals surface area (Å²) in [6.45, 7) is 8.74. The van der Waals surface area contributed by atoms with E-state index in [1.165, 1.54) is 16.4 Å². The number of rotatable bonds is 16. The average Bonchev–Trinajstić information content (AvgIpc) is 3.41. The van der Waals surface area contributed by atoms with Gasteiger partial charge in [0.15, 0.2) is 0 Å². The first-order valence-corrected chi connectivity index (χ1v) is 17.1. The number of benzene rings is 1. The SMILES string of the molecule is CCCCOC(=O)OCCN1CCN(S(=O)(=O)c2ccc(OCCC)c(-c3nc4c(CCCF)cn(CC)c4c(=O)[nH]3)c2)CC1. The van der Waals surface area contributed by atoms with Gasteiger partial charge in [-0.25, -0.2) is 18.2 Å². The molecule has 0 saturated carbocycles. The first-order chi connectivity index (χ1) is 21.7. The van der Waals surface area contributed by atoms with Gasteiger partial charge in [0, 0.05) is 45.5 Å². The predicted octanol–water partition coefficient (Wildman–Crippen LogP) is 4.36. The lowest BCUT2D eigenvalue weighted by molar-refractivity contribution is 0.0445. The summed E-state index contributed by atoms with van der Waals surface area (Å²) in [4.78, 5) is 34.7. The van der Waals surface area contributed by atoms with Gasteiger partial charge in [0.25, 0.3) is 5.56 Å². The molecule has 0 spiro atoms. The molecule has 1 saturated heterocycles. The van der Waals surface area contributed by atoms with Crippen LogP contribution >= 0.6 is 0 Å². The summed E-state index contributed by atoms with van der Waals surface area (Å²) in [5, 5.41) is 0. The minimum absolute atomic E-state index is 0.0551. The van der Waals surface area contributed by atoms with E-state index in [9.17, 15) is 22.4 Å². The molecular weight excluding hydrogens is 605 g/mol. The maximum absolute atomic E-state index is 13.8. The Hall–Kier alpha value is -3.49. The molecular formula is C31H44FN5O7S. The third-order valence-corrected chi connectivity index (χ3v) is 9.60. The summed E-state index contributed by atoms with van der Waals surface area (Å²) in [6.07, 6.45) is 4.28. The van der Waals surface area contributed by atoms with Crippen LogP contribution in [0.4, 0.5) is 9.18 Å². The van der Waals surface area contributed by atoms with E-state index in [0.29, 0.717) is 74.6 Å². The second kappa shape index (κ2) is 16.2. The fourth-order valence-corrected chi connectivity index (χ4v) is 6.67. The van der Waals surface area contributed by atoms with Crippen molar-refractivity contribution in [2.75, 3.05) is 59.2 Å². The van der Waals surface area contributed by atoms with Crippen molar-refractivity contribution < 1.29 is 31.8 Å². The number of hydrogen-bond acceptors (Lipinski definition) is 9. The van der Waals surface area contributed by atoms with Crippen LogP contribution in [0, 0.1) is 0 Å². The van der Waals surface area contributed by atoms with Gasteiger partial charge in [-0.05, 0) is 56.4 Å². The largest absolute Gasteiger partial charge is 0.508 e. The van der Waals surface area contributed by atoms with E-state index in [0.717, 1.165) is 24.8 Å². The Bertz CT molecular complexity index is 1600. The first kappa shape index (κ1) is 34.4. The van der Waals surface area contributed by atoms with Gasteiger partial charge in [0.05, 0.1) is 35.9 Å². The van der Waals surface area contributed by atoms with E-state index >= 15 is 0 Å². The molecule has 1 aliphatic heterocycles. The molecule has 4 rings (SSSR count). The lowest BCUT2D eigenvalue weighted by Gasteiger charge is -2.33. The molecule has 3 aromatic rings. The van der Waals surface area contributed by atoms with Gasteiger partial charge in [0.2, 0.25) is 10.0 Å². The Morgan fingerprint density at radius 3 is 2.47 bits per heavy atom. The van der Waals surface area contributed by atoms with Crippen LogP contribution in [0.2, 0.25) is 0 Å². The van der Waals surface area contributed by atoms with Gasteiger partial charge in [-0.1, -0.05) is 20.3 Å². The number of unbranched alkanes of at least 4 members (excludes halogenated alkanes) is 1. The minimum atomic E-state index is -3.89. The molecule has 1 aliphatic rings. The normalized spacial score (nSPS) is 14.6. The van der Waals surface area contributed by atoms with Gasteiger partial charge < -0.3 is 23.8 Å². The quantitative estimate of drug-likeness (QED) is 0.177. The van der Waals surface area contributed by atoms with Crippen molar-refractivity contribution in [1.82, 2.24) is 23.7 Å². The van der Waals surface area contributed by atoms with E-state index in [1.54, 1.807) is 10.6 Å². The average molecular weight is 650 g/mol. The third-order valence-electron chi connectivity index (χ3n) is 7.70. The number of nitrogens with one attached hydrogen (secondary N) is 1. The number of fused-ring (bicyclic) bond motifs is 1. The molecule has 12 nitrogen and oxygen atoms in total. The highest BCUT2D eigenvalue weighted by atomic mass is 32.2. The third kappa shape index (κ3) is 8.41. The van der Waals surface area contributed by atoms with Crippen LogP contribution in [0.25, 0.3) is 22.4 Å². The Labute approximate surface area is 263 Å². The lowest BCUT2D eigenvalue weighted by atomic mass is 10.1. The van der Waals surface area contributed by atoms with Crippen molar-refractivity contribution in [2.45, 2.75) is 64.3 Å². The summed E-state index contributed by atoms with van der Waals surface area (Å²) < 4.78 is 59.9. The zero-order valence-corrected chi connectivity index (χ0v) is 27.2. The van der Waals surface area contributed by atoms with Gasteiger partial charge in [-0.15, -0.1) is 0 Å². The molecule has 14 heteroatoms. The molecule has 1 N–H and O–H groups in total. The number of carbonyl (C=O) groups is 1. The van der Waals surface area contributed by atoms with Crippen molar-refractivity contribution in [3.8, 4) is 17.1 Å². The molecule has 0 bridgehead atoms. The van der Waals surface area contributed by atoms with Crippen molar-refractivity contribution >= 4 is 27.2 Å². The number of nitrogens with zero attached hydrogens (tertiary/aromatic N) is 4. The molecule has 248 valence electrons. The molecule has 0 amide bonds. The van der Waals surface area contributed by atoms with Crippen molar-refractivity contribution in [1.29, 1.82) is 0 Å². The summed E-state index contributed by atoms with van der Waals surface area (Å²) in [6, 6.07) is 4.59. The first-order valence-electron chi connectivity index (χ1n) is 15.7. The number of hydrogen-bond donors (Lipinski definition) is 1. The van der Waals surface area contributed by atoms with Crippen LogP contribution in [0.15, 0.2) is 34.1 Å². The standard InChI is InChI=1S/C31H44FN5O7S/c1-4-7-19-43-31(39)44-20-17-35-13-15-37(16-14-35)45(40,41)24-10-11-26(42-18-5-2)25(21-24)29-33-27-23(9-8-12-32)22-36(6-3)28(27)30(38)34-29/h10-11,21-22H,4-9,12-20H2,1-3H3,(H,33,34,38). The van der Waals surface area contributed by atoms with Crippen LogP contribution in [0.5, 0.6) is 5.75 Å². The van der Waals surface area contributed by atoms with Crippen LogP contribution in [0.1, 0.15) is 52.0 Å². The minimum Gasteiger partial charge on any atom is -0.493 e. The predicted molar refractivity (Wildman–Crippen MR) is 169 cm³/mol. The highest BCUT2D eigenvalue weighted by Crippen LogP contribution is 2.33. The highest BCUT2D eigenvalue weighted by Gasteiger charge is 2.30. The number of aromatic amines is 1. The molecule has 1 fully saturated rings. The van der Waals surface area contributed by atoms with E-state index in [2.05, 4.69) is 4.98 Å².